The molecular formula is C17H13ClF3N5O2. The zero-order chi connectivity index (χ0) is 20.6. The van der Waals surface area contributed by atoms with Crippen molar-refractivity contribution < 1.29 is 22.8 Å². The zero-order valence-electron chi connectivity index (χ0n) is 14.6. The van der Waals surface area contributed by atoms with E-state index in [1.807, 2.05) is 10.6 Å². The van der Waals surface area contributed by atoms with E-state index in [4.69, 9.17) is 11.6 Å². The van der Waals surface area contributed by atoms with Crippen molar-refractivity contribution in [3.05, 3.63) is 52.3 Å². The number of imide groups is 1. The Kier molecular flexibility index (Phi) is 4.99. The van der Waals surface area contributed by atoms with Gasteiger partial charge in [-0.05, 0) is 31.2 Å². The molecule has 3 aromatic rings. The van der Waals surface area contributed by atoms with Crippen LogP contribution in [0.4, 0.5) is 23.7 Å². The van der Waals surface area contributed by atoms with Gasteiger partial charge in [0.15, 0.2) is 5.65 Å². The maximum Gasteiger partial charge on any atom is 0.418 e. The van der Waals surface area contributed by atoms with Gasteiger partial charge >= 0.3 is 12.2 Å². The molecule has 2 N–H and O–H groups in total. The molecule has 2 heterocycles. The highest BCUT2D eigenvalue weighted by atomic mass is 35.5. The molecule has 11 heteroatoms. The van der Waals surface area contributed by atoms with Crippen molar-refractivity contribution in [1.29, 1.82) is 0 Å². The Bertz CT molecular complexity index is 1090. The average molecular weight is 412 g/mol. The lowest BCUT2D eigenvalue weighted by molar-refractivity contribution is -0.136. The molecule has 0 aliphatic heterocycles. The minimum atomic E-state index is -4.73. The SMILES string of the molecule is Cc1nn(C)c2ncc(C(=O)NC(=O)Nc3ccc(Cl)cc3C(F)(F)F)cc12. The smallest absolute Gasteiger partial charge is 0.307 e. The predicted octanol–water partition coefficient (Wildman–Crippen LogP) is 3.91. The monoisotopic (exact) mass is 411 g/mol. The van der Waals surface area contributed by atoms with Gasteiger partial charge in [-0.2, -0.15) is 18.3 Å². The second-order valence-corrected chi connectivity index (χ2v) is 6.34. The number of halogens is 4. The second kappa shape index (κ2) is 7.12. The van der Waals surface area contributed by atoms with Crippen LogP contribution in [-0.4, -0.2) is 26.7 Å². The first-order chi connectivity index (χ1) is 13.1. The number of hydrogen-bond acceptors (Lipinski definition) is 4. The number of amides is 3. The highest BCUT2D eigenvalue weighted by Gasteiger charge is 2.34. The number of anilines is 1. The number of alkyl halides is 3. The van der Waals surface area contributed by atoms with Gasteiger partial charge in [0, 0.05) is 23.7 Å². The first-order valence-corrected chi connectivity index (χ1v) is 8.22. The molecule has 1 aromatic carbocycles. The molecule has 0 radical (unpaired) electrons. The summed E-state index contributed by atoms with van der Waals surface area (Å²) in [5.74, 6) is -0.822. The van der Waals surface area contributed by atoms with Crippen LogP contribution >= 0.6 is 11.6 Å². The predicted molar refractivity (Wildman–Crippen MR) is 96.2 cm³/mol. The minimum absolute atomic E-state index is 0.0610. The zero-order valence-corrected chi connectivity index (χ0v) is 15.3. The Morgan fingerprint density at radius 3 is 2.61 bits per heavy atom. The molecule has 7 nitrogen and oxygen atoms in total. The van der Waals surface area contributed by atoms with Gasteiger partial charge in [0.1, 0.15) is 0 Å². The Morgan fingerprint density at radius 1 is 1.21 bits per heavy atom. The van der Waals surface area contributed by atoms with Crippen LogP contribution in [0.15, 0.2) is 30.5 Å². The molecule has 2 aromatic heterocycles. The first-order valence-electron chi connectivity index (χ1n) is 7.84. The average Bonchev–Trinajstić information content (AvgIpc) is 2.89. The van der Waals surface area contributed by atoms with E-state index >= 15 is 0 Å². The molecule has 0 saturated carbocycles. The van der Waals surface area contributed by atoms with Crippen molar-refractivity contribution in [2.45, 2.75) is 13.1 Å². The van der Waals surface area contributed by atoms with Crippen LogP contribution in [0.2, 0.25) is 5.02 Å². The number of hydrogen-bond donors (Lipinski definition) is 2. The summed E-state index contributed by atoms with van der Waals surface area (Å²) in [4.78, 5) is 28.4. The summed E-state index contributed by atoms with van der Waals surface area (Å²) in [6.07, 6.45) is -3.49. The van der Waals surface area contributed by atoms with Gasteiger partial charge in [-0.25, -0.2) is 9.78 Å². The molecule has 0 bridgehead atoms. The maximum atomic E-state index is 13.1. The van der Waals surface area contributed by atoms with E-state index in [-0.39, 0.29) is 10.6 Å². The van der Waals surface area contributed by atoms with Gasteiger partial charge in [-0.3, -0.25) is 14.8 Å². The van der Waals surface area contributed by atoms with Gasteiger partial charge in [-0.15, -0.1) is 0 Å². The molecule has 0 spiro atoms. The highest BCUT2D eigenvalue weighted by molar-refractivity contribution is 6.30. The third kappa shape index (κ3) is 3.91. The van der Waals surface area contributed by atoms with Crippen molar-refractivity contribution in [2.24, 2.45) is 7.05 Å². The van der Waals surface area contributed by atoms with Crippen LogP contribution in [0.3, 0.4) is 0 Å². The number of rotatable bonds is 2. The van der Waals surface area contributed by atoms with Crippen molar-refractivity contribution in [3.63, 3.8) is 0 Å². The van der Waals surface area contributed by atoms with Gasteiger partial charge in [0.2, 0.25) is 0 Å². The molecule has 0 aliphatic rings. The quantitative estimate of drug-likeness (QED) is 0.669. The number of aromatic nitrogens is 3. The molecule has 3 amide bonds. The summed E-state index contributed by atoms with van der Waals surface area (Å²) in [6, 6.07) is 3.25. The first kappa shape index (κ1) is 19.6. The summed E-state index contributed by atoms with van der Waals surface area (Å²) in [6.45, 7) is 1.73. The van der Waals surface area contributed by atoms with Crippen molar-refractivity contribution >= 4 is 40.3 Å². The third-order valence-electron chi connectivity index (χ3n) is 3.89. The molecule has 0 aliphatic carbocycles. The van der Waals surface area contributed by atoms with Crippen LogP contribution in [0.1, 0.15) is 21.6 Å². The van der Waals surface area contributed by atoms with Gasteiger partial charge < -0.3 is 5.32 Å². The third-order valence-corrected chi connectivity index (χ3v) is 4.12. The van der Waals surface area contributed by atoms with E-state index in [0.29, 0.717) is 22.8 Å². The summed E-state index contributed by atoms with van der Waals surface area (Å²) in [7, 11) is 1.69. The van der Waals surface area contributed by atoms with Crippen LogP contribution in [0.5, 0.6) is 0 Å². The highest BCUT2D eigenvalue weighted by Crippen LogP contribution is 2.36. The lowest BCUT2D eigenvalue weighted by Gasteiger charge is -2.14. The minimum Gasteiger partial charge on any atom is -0.307 e. The fourth-order valence-corrected chi connectivity index (χ4v) is 2.79. The maximum absolute atomic E-state index is 13.1. The topological polar surface area (TPSA) is 88.9 Å². The van der Waals surface area contributed by atoms with Crippen LogP contribution in [-0.2, 0) is 13.2 Å². The number of benzene rings is 1. The van der Waals surface area contributed by atoms with E-state index in [2.05, 4.69) is 10.1 Å². The van der Waals surface area contributed by atoms with Crippen molar-refractivity contribution in [3.8, 4) is 0 Å². The number of nitrogens with zero attached hydrogens (tertiary/aromatic N) is 3. The Balaban J connectivity index is 1.79. The van der Waals surface area contributed by atoms with E-state index in [0.717, 1.165) is 6.07 Å². The van der Waals surface area contributed by atoms with E-state index in [1.165, 1.54) is 23.0 Å². The lowest BCUT2D eigenvalue weighted by atomic mass is 10.1. The van der Waals surface area contributed by atoms with Gasteiger partial charge in [-0.1, -0.05) is 11.6 Å². The van der Waals surface area contributed by atoms with Gasteiger partial charge in [0.05, 0.1) is 22.5 Å². The number of carbonyl (C=O) groups excluding carboxylic acids is 2. The largest absolute Gasteiger partial charge is 0.418 e. The molecule has 0 unspecified atom stereocenters. The number of pyridine rings is 1. The molecule has 0 fully saturated rings. The summed E-state index contributed by atoms with van der Waals surface area (Å²) in [5.41, 5.74) is -0.406. The molecule has 28 heavy (non-hydrogen) atoms. The second-order valence-electron chi connectivity index (χ2n) is 5.90. The summed E-state index contributed by atoms with van der Waals surface area (Å²) < 4.78 is 40.8. The van der Waals surface area contributed by atoms with Crippen LogP contribution < -0.4 is 10.6 Å². The van der Waals surface area contributed by atoms with E-state index in [9.17, 15) is 22.8 Å². The van der Waals surface area contributed by atoms with Crippen molar-refractivity contribution in [1.82, 2.24) is 20.1 Å². The van der Waals surface area contributed by atoms with Crippen LogP contribution in [0.25, 0.3) is 11.0 Å². The fraction of sp³-hybridized carbons (Fsp3) is 0.176. The van der Waals surface area contributed by atoms with Crippen LogP contribution in [0, 0.1) is 6.92 Å². The summed E-state index contributed by atoms with van der Waals surface area (Å²) in [5, 5.41) is 8.64. The fourth-order valence-electron chi connectivity index (χ4n) is 2.62. The number of aryl methyl sites for hydroxylation is 2. The standard InChI is InChI=1S/C17H13ClF3N5O2/c1-8-11-5-9(7-22-14(11)26(2)25-8)15(27)24-16(28)23-13-4-3-10(18)6-12(13)17(19,20)21/h3-7H,1-2H3,(H2,23,24,27,28). The number of carbonyl (C=O) groups is 2. The Labute approximate surface area is 161 Å². The molecule has 0 atom stereocenters. The number of fused-ring (bicyclic) bond motifs is 1. The van der Waals surface area contributed by atoms with Gasteiger partial charge in [0.25, 0.3) is 5.91 Å². The molecule has 3 rings (SSSR count). The number of nitrogens with one attached hydrogen (secondary N) is 2. The van der Waals surface area contributed by atoms with E-state index in [1.54, 1.807) is 14.0 Å². The van der Waals surface area contributed by atoms with Crippen molar-refractivity contribution in [2.75, 3.05) is 5.32 Å². The number of urea groups is 1. The summed E-state index contributed by atoms with van der Waals surface area (Å²) >= 11 is 5.59. The van der Waals surface area contributed by atoms with E-state index < -0.39 is 29.4 Å². The molecular weight excluding hydrogens is 399 g/mol. The molecule has 146 valence electrons. The lowest BCUT2D eigenvalue weighted by Crippen LogP contribution is -2.35. The Morgan fingerprint density at radius 2 is 1.93 bits per heavy atom. The Hall–Kier alpha value is -3.14. The molecule has 0 saturated heterocycles. The normalized spacial score (nSPS) is 11.5.